The van der Waals surface area contributed by atoms with Crippen LogP contribution >= 0.6 is 0 Å². The molecule has 1 aromatic carbocycles. The van der Waals surface area contributed by atoms with Crippen molar-refractivity contribution < 1.29 is 9.53 Å². The van der Waals surface area contributed by atoms with Gasteiger partial charge in [-0.25, -0.2) is 4.79 Å². The largest absolute Gasteiger partial charge is 0.465 e. The number of carbonyl (C=O) groups is 1. The van der Waals surface area contributed by atoms with Gasteiger partial charge < -0.3 is 10.5 Å². The van der Waals surface area contributed by atoms with Gasteiger partial charge in [0, 0.05) is 24.0 Å². The molecule has 0 radical (unpaired) electrons. The molecular weight excluding hydrogens is 242 g/mol. The molecular formula is C14H17N3O2. The van der Waals surface area contributed by atoms with Crippen LogP contribution in [0.5, 0.6) is 0 Å². The molecule has 0 amide bonds. The molecule has 0 saturated heterocycles. The summed E-state index contributed by atoms with van der Waals surface area (Å²) in [4.78, 5) is 11.8. The standard InChI is InChI=1S/C14H17N3O2/c1-3-6-17-9-10(8-16-17)12-5-4-11(15)7-13(12)14(18)19-2/h4-5,7-9H,3,6,15H2,1-2H3. The van der Waals surface area contributed by atoms with Gasteiger partial charge in [0.2, 0.25) is 0 Å². The summed E-state index contributed by atoms with van der Waals surface area (Å²) >= 11 is 0. The van der Waals surface area contributed by atoms with Gasteiger partial charge >= 0.3 is 5.97 Å². The molecule has 0 saturated carbocycles. The van der Waals surface area contributed by atoms with Crippen molar-refractivity contribution in [2.75, 3.05) is 12.8 Å². The van der Waals surface area contributed by atoms with E-state index in [2.05, 4.69) is 12.0 Å². The van der Waals surface area contributed by atoms with E-state index in [1.165, 1.54) is 7.11 Å². The molecule has 0 bridgehead atoms. The molecule has 0 aliphatic heterocycles. The van der Waals surface area contributed by atoms with Crippen LogP contribution in [0.25, 0.3) is 11.1 Å². The summed E-state index contributed by atoms with van der Waals surface area (Å²) < 4.78 is 6.64. The minimum atomic E-state index is -0.398. The number of ether oxygens (including phenoxy) is 1. The van der Waals surface area contributed by atoms with Crippen molar-refractivity contribution in [3.63, 3.8) is 0 Å². The van der Waals surface area contributed by atoms with Crippen molar-refractivity contribution in [3.8, 4) is 11.1 Å². The van der Waals surface area contributed by atoms with Crippen LogP contribution in [0, 0.1) is 0 Å². The Morgan fingerprint density at radius 1 is 1.47 bits per heavy atom. The van der Waals surface area contributed by atoms with E-state index in [1.54, 1.807) is 18.3 Å². The van der Waals surface area contributed by atoms with E-state index in [0.29, 0.717) is 11.3 Å². The number of anilines is 1. The van der Waals surface area contributed by atoms with Gasteiger partial charge in [0.15, 0.2) is 0 Å². The quantitative estimate of drug-likeness (QED) is 0.675. The maximum atomic E-state index is 11.8. The third-order valence-electron chi connectivity index (χ3n) is 2.85. The number of hydrogen-bond acceptors (Lipinski definition) is 4. The molecule has 1 heterocycles. The highest BCUT2D eigenvalue weighted by Gasteiger charge is 2.14. The van der Waals surface area contributed by atoms with Crippen molar-refractivity contribution in [2.45, 2.75) is 19.9 Å². The highest BCUT2D eigenvalue weighted by Crippen LogP contribution is 2.26. The van der Waals surface area contributed by atoms with Crippen LogP contribution in [0.15, 0.2) is 30.6 Å². The molecule has 1 aromatic heterocycles. The molecule has 0 atom stereocenters. The number of aryl methyl sites for hydroxylation is 1. The van der Waals surface area contributed by atoms with E-state index in [9.17, 15) is 4.79 Å². The van der Waals surface area contributed by atoms with E-state index in [0.717, 1.165) is 24.1 Å². The zero-order valence-corrected chi connectivity index (χ0v) is 11.1. The highest BCUT2D eigenvalue weighted by molar-refractivity contribution is 5.98. The number of hydrogen-bond donors (Lipinski definition) is 1. The first-order valence-corrected chi connectivity index (χ1v) is 6.16. The predicted octanol–water partition coefficient (Wildman–Crippen LogP) is 2.33. The summed E-state index contributed by atoms with van der Waals surface area (Å²) in [6.45, 7) is 2.94. The van der Waals surface area contributed by atoms with Crippen LogP contribution in [0.4, 0.5) is 5.69 Å². The number of methoxy groups -OCH3 is 1. The molecule has 2 aromatic rings. The fraction of sp³-hybridized carbons (Fsp3) is 0.286. The van der Waals surface area contributed by atoms with Crippen LogP contribution in [0.1, 0.15) is 23.7 Å². The highest BCUT2D eigenvalue weighted by atomic mass is 16.5. The molecule has 2 rings (SSSR count). The van der Waals surface area contributed by atoms with Gasteiger partial charge in [0.1, 0.15) is 0 Å². The lowest BCUT2D eigenvalue weighted by Gasteiger charge is -2.07. The lowest BCUT2D eigenvalue weighted by molar-refractivity contribution is 0.0601. The molecule has 100 valence electrons. The summed E-state index contributed by atoms with van der Waals surface area (Å²) in [5.74, 6) is -0.398. The van der Waals surface area contributed by atoms with Gasteiger partial charge in [-0.2, -0.15) is 5.10 Å². The minimum Gasteiger partial charge on any atom is -0.465 e. The molecule has 0 aliphatic carbocycles. The number of rotatable bonds is 4. The smallest absolute Gasteiger partial charge is 0.338 e. The molecule has 2 N–H and O–H groups in total. The van der Waals surface area contributed by atoms with Gasteiger partial charge in [-0.05, 0) is 24.1 Å². The van der Waals surface area contributed by atoms with Crippen molar-refractivity contribution in [3.05, 3.63) is 36.2 Å². The molecule has 5 nitrogen and oxygen atoms in total. The molecule has 0 fully saturated rings. The lowest BCUT2D eigenvalue weighted by atomic mass is 10.0. The molecule has 0 spiro atoms. The molecule has 19 heavy (non-hydrogen) atoms. The average Bonchev–Trinajstić information content (AvgIpc) is 2.86. The Morgan fingerprint density at radius 2 is 2.26 bits per heavy atom. The Balaban J connectivity index is 2.45. The normalized spacial score (nSPS) is 10.4. The fourth-order valence-electron chi connectivity index (χ4n) is 1.95. The van der Waals surface area contributed by atoms with Crippen LogP contribution < -0.4 is 5.73 Å². The number of esters is 1. The third-order valence-corrected chi connectivity index (χ3v) is 2.85. The SMILES string of the molecule is CCCn1cc(-c2ccc(N)cc2C(=O)OC)cn1. The predicted molar refractivity (Wildman–Crippen MR) is 73.7 cm³/mol. The van der Waals surface area contributed by atoms with E-state index >= 15 is 0 Å². The topological polar surface area (TPSA) is 70.1 Å². The zero-order valence-electron chi connectivity index (χ0n) is 11.1. The second kappa shape index (κ2) is 5.56. The van der Waals surface area contributed by atoms with Gasteiger partial charge in [-0.15, -0.1) is 0 Å². The Bertz CT molecular complexity index is 590. The summed E-state index contributed by atoms with van der Waals surface area (Å²) in [5.41, 5.74) is 8.38. The maximum absolute atomic E-state index is 11.8. The number of carbonyl (C=O) groups excluding carboxylic acids is 1. The van der Waals surface area contributed by atoms with E-state index in [1.807, 2.05) is 16.9 Å². The number of nitrogens with two attached hydrogens (primary N) is 1. The average molecular weight is 259 g/mol. The first-order valence-electron chi connectivity index (χ1n) is 6.16. The number of benzene rings is 1. The Kier molecular flexibility index (Phi) is 3.85. The molecule has 0 aliphatic rings. The molecule has 0 unspecified atom stereocenters. The zero-order chi connectivity index (χ0) is 13.8. The van der Waals surface area contributed by atoms with Gasteiger partial charge in [0.25, 0.3) is 0 Å². The number of nitrogens with zero attached hydrogens (tertiary/aromatic N) is 2. The van der Waals surface area contributed by atoms with Crippen LogP contribution in [-0.4, -0.2) is 22.9 Å². The number of aromatic nitrogens is 2. The van der Waals surface area contributed by atoms with Crippen molar-refractivity contribution in [1.29, 1.82) is 0 Å². The van der Waals surface area contributed by atoms with E-state index < -0.39 is 5.97 Å². The Morgan fingerprint density at radius 3 is 2.95 bits per heavy atom. The van der Waals surface area contributed by atoms with Crippen LogP contribution in [0.2, 0.25) is 0 Å². The van der Waals surface area contributed by atoms with Gasteiger partial charge in [0.05, 0.1) is 18.9 Å². The Hall–Kier alpha value is -2.30. The number of nitrogen functional groups attached to an aromatic ring is 1. The first-order chi connectivity index (χ1) is 9.15. The van der Waals surface area contributed by atoms with Crippen LogP contribution in [0.3, 0.4) is 0 Å². The summed E-state index contributed by atoms with van der Waals surface area (Å²) in [5, 5.41) is 4.26. The second-order valence-corrected chi connectivity index (χ2v) is 4.29. The summed E-state index contributed by atoms with van der Waals surface area (Å²) in [7, 11) is 1.36. The fourth-order valence-corrected chi connectivity index (χ4v) is 1.95. The summed E-state index contributed by atoms with van der Waals surface area (Å²) in [6.07, 6.45) is 4.67. The summed E-state index contributed by atoms with van der Waals surface area (Å²) in [6, 6.07) is 5.20. The van der Waals surface area contributed by atoms with E-state index in [4.69, 9.17) is 10.5 Å². The monoisotopic (exact) mass is 259 g/mol. The van der Waals surface area contributed by atoms with Gasteiger partial charge in [-0.3, -0.25) is 4.68 Å². The minimum absolute atomic E-state index is 0.398. The second-order valence-electron chi connectivity index (χ2n) is 4.29. The van der Waals surface area contributed by atoms with Crippen molar-refractivity contribution >= 4 is 11.7 Å². The third kappa shape index (κ3) is 2.76. The van der Waals surface area contributed by atoms with Gasteiger partial charge in [-0.1, -0.05) is 13.0 Å². The Labute approximate surface area is 112 Å². The van der Waals surface area contributed by atoms with Crippen molar-refractivity contribution in [2.24, 2.45) is 0 Å². The first kappa shape index (κ1) is 13.1. The lowest BCUT2D eigenvalue weighted by Crippen LogP contribution is -2.04. The molecule has 5 heteroatoms. The van der Waals surface area contributed by atoms with Crippen LogP contribution in [-0.2, 0) is 11.3 Å². The van der Waals surface area contributed by atoms with E-state index in [-0.39, 0.29) is 0 Å². The van der Waals surface area contributed by atoms with Crippen molar-refractivity contribution in [1.82, 2.24) is 9.78 Å². The maximum Gasteiger partial charge on any atom is 0.338 e.